The molecule has 162 valence electrons. The largest absolute Gasteiger partial charge is 0.392 e. The molecule has 0 saturated heterocycles. The number of nitrogens with two attached hydrogens (primary N) is 1. The van der Waals surface area contributed by atoms with Gasteiger partial charge in [-0.1, -0.05) is 74.5 Å². The fourth-order valence-electron chi connectivity index (χ4n) is 5.83. The molecule has 4 N–H and O–H groups in total. The topological polar surface area (TPSA) is 92.4 Å². The Hall–Kier alpha value is -1.73. The van der Waals surface area contributed by atoms with E-state index in [-0.39, 0.29) is 11.2 Å². The minimum absolute atomic E-state index is 0.0739. The summed E-state index contributed by atoms with van der Waals surface area (Å²) in [6.45, 7) is 4.22. The number of benzene rings is 2. The quantitative estimate of drug-likeness (QED) is 0.629. The van der Waals surface area contributed by atoms with Crippen molar-refractivity contribution in [2.45, 2.75) is 51.3 Å². The Morgan fingerprint density at radius 3 is 2.13 bits per heavy atom. The molecule has 2 bridgehead atoms. The molecule has 1 unspecified atom stereocenters. The fourth-order valence-corrected chi connectivity index (χ4v) is 7.97. The smallest absolute Gasteiger partial charge is 0.212 e. The molecular formula is C24H32N2O3S. The SMILES string of the molecule is CC1(C)C2CC[C@@]1(CS(=O)(=O)N[C@H](c1ccccc1)[C@H](N)c1ccccc1)[C@@H](O)C2. The summed E-state index contributed by atoms with van der Waals surface area (Å²) < 4.78 is 29.8. The van der Waals surface area contributed by atoms with Crippen LogP contribution >= 0.6 is 0 Å². The van der Waals surface area contributed by atoms with Crippen molar-refractivity contribution >= 4 is 10.0 Å². The first-order chi connectivity index (χ1) is 14.2. The van der Waals surface area contributed by atoms with Crippen LogP contribution in [0.3, 0.4) is 0 Å². The van der Waals surface area contributed by atoms with Crippen LogP contribution in [0, 0.1) is 16.7 Å². The molecule has 4 rings (SSSR count). The van der Waals surface area contributed by atoms with Gasteiger partial charge in [-0.2, -0.15) is 0 Å². The van der Waals surface area contributed by atoms with Gasteiger partial charge in [0, 0.05) is 5.41 Å². The number of rotatable bonds is 7. The van der Waals surface area contributed by atoms with Crippen molar-refractivity contribution in [3.05, 3.63) is 71.8 Å². The zero-order valence-corrected chi connectivity index (χ0v) is 18.5. The van der Waals surface area contributed by atoms with E-state index in [1.54, 1.807) is 0 Å². The summed E-state index contributed by atoms with van der Waals surface area (Å²) in [5, 5.41) is 10.8. The van der Waals surface area contributed by atoms with Crippen LogP contribution in [-0.4, -0.2) is 25.4 Å². The van der Waals surface area contributed by atoms with E-state index in [0.29, 0.717) is 12.3 Å². The zero-order valence-electron chi connectivity index (χ0n) is 17.7. The molecule has 2 fully saturated rings. The Bertz CT molecular complexity index is 978. The van der Waals surface area contributed by atoms with Gasteiger partial charge in [0.2, 0.25) is 10.0 Å². The molecule has 2 aliphatic carbocycles. The lowest BCUT2D eigenvalue weighted by atomic mass is 9.70. The Kier molecular flexibility index (Phi) is 5.56. The van der Waals surface area contributed by atoms with Gasteiger partial charge in [0.15, 0.2) is 0 Å². The minimum atomic E-state index is -3.70. The second-order valence-electron chi connectivity index (χ2n) is 9.57. The van der Waals surface area contributed by atoms with E-state index in [2.05, 4.69) is 18.6 Å². The normalized spacial score (nSPS) is 29.6. The number of fused-ring (bicyclic) bond motifs is 2. The van der Waals surface area contributed by atoms with Gasteiger partial charge in [-0.3, -0.25) is 0 Å². The summed E-state index contributed by atoms with van der Waals surface area (Å²) in [5.41, 5.74) is 7.45. The van der Waals surface area contributed by atoms with Gasteiger partial charge >= 0.3 is 0 Å². The molecule has 30 heavy (non-hydrogen) atoms. The molecule has 6 heteroatoms. The van der Waals surface area contributed by atoms with E-state index < -0.39 is 33.6 Å². The van der Waals surface area contributed by atoms with Crippen molar-refractivity contribution < 1.29 is 13.5 Å². The van der Waals surface area contributed by atoms with Crippen LogP contribution < -0.4 is 10.5 Å². The number of aliphatic hydroxyl groups excluding tert-OH is 1. The molecular weight excluding hydrogens is 396 g/mol. The van der Waals surface area contributed by atoms with E-state index in [4.69, 9.17) is 5.73 Å². The summed E-state index contributed by atoms with van der Waals surface area (Å²) in [6.07, 6.45) is 1.83. The number of sulfonamides is 1. The van der Waals surface area contributed by atoms with E-state index in [1.165, 1.54) is 0 Å². The number of aliphatic hydroxyl groups is 1. The van der Waals surface area contributed by atoms with Crippen molar-refractivity contribution in [3.63, 3.8) is 0 Å². The molecule has 0 spiro atoms. The first kappa shape index (κ1) is 21.5. The van der Waals surface area contributed by atoms with Gasteiger partial charge in [-0.05, 0) is 41.7 Å². The van der Waals surface area contributed by atoms with E-state index in [1.807, 2.05) is 60.7 Å². The summed E-state index contributed by atoms with van der Waals surface area (Å²) in [5.74, 6) is 0.300. The first-order valence-corrected chi connectivity index (χ1v) is 12.3. The highest BCUT2D eigenvalue weighted by molar-refractivity contribution is 7.89. The Labute approximate surface area is 179 Å². The molecule has 2 aliphatic rings. The maximum Gasteiger partial charge on any atom is 0.212 e. The average Bonchev–Trinajstić information content (AvgIpc) is 3.07. The van der Waals surface area contributed by atoms with Crippen LogP contribution in [0.1, 0.15) is 56.3 Å². The van der Waals surface area contributed by atoms with Crippen molar-refractivity contribution in [2.24, 2.45) is 22.5 Å². The summed E-state index contributed by atoms with van der Waals surface area (Å²) >= 11 is 0. The number of hydrogen-bond acceptors (Lipinski definition) is 4. The average molecular weight is 429 g/mol. The van der Waals surface area contributed by atoms with Crippen molar-refractivity contribution in [1.82, 2.24) is 4.72 Å². The van der Waals surface area contributed by atoms with Crippen LogP contribution in [0.25, 0.3) is 0 Å². The van der Waals surface area contributed by atoms with Gasteiger partial charge in [-0.15, -0.1) is 0 Å². The van der Waals surface area contributed by atoms with Crippen molar-refractivity contribution in [3.8, 4) is 0 Å². The van der Waals surface area contributed by atoms with Gasteiger partial charge in [0.05, 0.1) is 23.9 Å². The minimum Gasteiger partial charge on any atom is -0.392 e. The van der Waals surface area contributed by atoms with Gasteiger partial charge in [0.1, 0.15) is 0 Å². The van der Waals surface area contributed by atoms with Crippen LogP contribution in [0.4, 0.5) is 0 Å². The molecule has 2 saturated carbocycles. The van der Waals surface area contributed by atoms with E-state index in [0.717, 1.165) is 24.0 Å². The van der Waals surface area contributed by atoms with Crippen LogP contribution in [0.2, 0.25) is 0 Å². The molecule has 2 aromatic carbocycles. The lowest BCUT2D eigenvalue weighted by Crippen LogP contribution is -2.48. The third-order valence-electron chi connectivity index (χ3n) is 7.84. The zero-order chi connectivity index (χ0) is 21.6. The van der Waals surface area contributed by atoms with Crippen LogP contribution in [0.5, 0.6) is 0 Å². The highest BCUT2D eigenvalue weighted by Gasteiger charge is 2.65. The monoisotopic (exact) mass is 428 g/mol. The lowest BCUT2D eigenvalue weighted by molar-refractivity contribution is 0.0151. The van der Waals surface area contributed by atoms with Gasteiger partial charge in [0.25, 0.3) is 0 Å². The Balaban J connectivity index is 1.64. The lowest BCUT2D eigenvalue weighted by Gasteiger charge is -2.40. The molecule has 2 aromatic rings. The van der Waals surface area contributed by atoms with Crippen LogP contribution in [-0.2, 0) is 10.0 Å². The molecule has 5 atom stereocenters. The second kappa shape index (κ2) is 7.75. The van der Waals surface area contributed by atoms with Crippen LogP contribution in [0.15, 0.2) is 60.7 Å². The predicted molar refractivity (Wildman–Crippen MR) is 119 cm³/mol. The third-order valence-corrected chi connectivity index (χ3v) is 9.35. The molecule has 0 heterocycles. The van der Waals surface area contributed by atoms with Gasteiger partial charge < -0.3 is 10.8 Å². The number of nitrogens with one attached hydrogen (secondary N) is 1. The van der Waals surface area contributed by atoms with Crippen molar-refractivity contribution in [1.29, 1.82) is 0 Å². The highest BCUT2D eigenvalue weighted by atomic mass is 32.2. The predicted octanol–water partition coefficient (Wildman–Crippen LogP) is 3.53. The Morgan fingerprint density at radius 1 is 1.07 bits per heavy atom. The second-order valence-corrected chi connectivity index (χ2v) is 11.3. The summed E-state index contributed by atoms with van der Waals surface area (Å²) in [7, 11) is -3.70. The van der Waals surface area contributed by atoms with E-state index >= 15 is 0 Å². The fraction of sp³-hybridized carbons (Fsp3) is 0.500. The molecule has 0 radical (unpaired) electrons. The molecule has 0 amide bonds. The van der Waals surface area contributed by atoms with Crippen molar-refractivity contribution in [2.75, 3.05) is 5.75 Å². The standard InChI is InChI=1S/C24H32N2O3S/c1-23(2)19-13-14-24(23,20(27)15-19)16-30(28,29)26-22(18-11-7-4-8-12-18)21(25)17-9-5-3-6-10-17/h3-12,19-22,26-27H,13-16,25H2,1-2H3/t19?,20-,21+,22+,24+/m0/s1. The van der Waals surface area contributed by atoms with E-state index in [9.17, 15) is 13.5 Å². The third kappa shape index (κ3) is 3.60. The summed E-state index contributed by atoms with van der Waals surface area (Å²) in [4.78, 5) is 0. The molecule has 0 aliphatic heterocycles. The van der Waals surface area contributed by atoms with Gasteiger partial charge in [-0.25, -0.2) is 13.1 Å². The molecule has 5 nitrogen and oxygen atoms in total. The maximum atomic E-state index is 13.4. The molecule has 0 aromatic heterocycles. The Morgan fingerprint density at radius 2 is 1.63 bits per heavy atom. The summed E-state index contributed by atoms with van der Waals surface area (Å²) in [6, 6.07) is 17.9. The first-order valence-electron chi connectivity index (χ1n) is 10.7. The highest BCUT2D eigenvalue weighted by Crippen LogP contribution is 2.66. The number of hydrogen-bond donors (Lipinski definition) is 3. The maximum absolute atomic E-state index is 13.4.